The van der Waals surface area contributed by atoms with E-state index in [4.69, 9.17) is 0 Å². The second-order valence-electron chi connectivity index (χ2n) is 5.50. The first kappa shape index (κ1) is 12.5. The van der Waals surface area contributed by atoms with E-state index in [1.54, 1.807) is 5.57 Å². The Morgan fingerprint density at radius 3 is 2.53 bits per heavy atom. The summed E-state index contributed by atoms with van der Waals surface area (Å²) in [6.45, 7) is 11.6. The van der Waals surface area contributed by atoms with Crippen molar-refractivity contribution >= 4 is 0 Å². The predicted octanol–water partition coefficient (Wildman–Crippen LogP) is 4.97. The average molecular weight is 206 g/mol. The highest BCUT2D eigenvalue weighted by molar-refractivity contribution is 5.30. The molecule has 0 unspecified atom stereocenters. The van der Waals surface area contributed by atoms with Crippen LogP contribution in [0.25, 0.3) is 0 Å². The van der Waals surface area contributed by atoms with E-state index >= 15 is 0 Å². The predicted molar refractivity (Wildman–Crippen MR) is 68.9 cm³/mol. The summed E-state index contributed by atoms with van der Waals surface area (Å²) >= 11 is 0. The molecule has 0 aliphatic heterocycles. The Morgan fingerprint density at radius 1 is 1.27 bits per heavy atom. The topological polar surface area (TPSA) is 0 Å². The molecule has 0 N–H and O–H groups in total. The van der Waals surface area contributed by atoms with Crippen molar-refractivity contribution in [1.29, 1.82) is 0 Å². The van der Waals surface area contributed by atoms with Crippen LogP contribution in [-0.2, 0) is 0 Å². The van der Waals surface area contributed by atoms with E-state index < -0.39 is 0 Å². The molecule has 0 saturated carbocycles. The Morgan fingerprint density at radius 2 is 1.93 bits per heavy atom. The SMILES string of the molecule is CC1=C(CCCC(C)C)[C@@H](C)[C@@H](C)C=C1. The van der Waals surface area contributed by atoms with E-state index in [0.717, 1.165) is 17.8 Å². The fraction of sp³-hybridized carbons (Fsp3) is 0.733. The highest BCUT2D eigenvalue weighted by atomic mass is 14.2. The molecule has 15 heavy (non-hydrogen) atoms. The molecular weight excluding hydrogens is 180 g/mol. The molecule has 0 spiro atoms. The van der Waals surface area contributed by atoms with E-state index in [2.05, 4.69) is 46.8 Å². The van der Waals surface area contributed by atoms with Crippen molar-refractivity contribution in [2.75, 3.05) is 0 Å². The average Bonchev–Trinajstić information content (AvgIpc) is 2.17. The Balaban J connectivity index is 2.54. The molecule has 0 fully saturated rings. The van der Waals surface area contributed by atoms with Gasteiger partial charge < -0.3 is 0 Å². The van der Waals surface area contributed by atoms with Gasteiger partial charge in [0.25, 0.3) is 0 Å². The smallest absolute Gasteiger partial charge is 0.0165 e. The van der Waals surface area contributed by atoms with Gasteiger partial charge in [0.2, 0.25) is 0 Å². The second-order valence-corrected chi connectivity index (χ2v) is 5.50. The third-order valence-electron chi connectivity index (χ3n) is 3.72. The van der Waals surface area contributed by atoms with Gasteiger partial charge in [-0.3, -0.25) is 0 Å². The standard InChI is InChI=1S/C15H26/c1-11(2)7-6-8-15-13(4)10-9-12(3)14(15)5/h9-12,14H,6-8H2,1-5H3/t12-,14-/m0/s1. The first-order valence-electron chi connectivity index (χ1n) is 6.40. The minimum atomic E-state index is 0.725. The fourth-order valence-electron chi connectivity index (χ4n) is 2.37. The molecule has 0 aromatic rings. The summed E-state index contributed by atoms with van der Waals surface area (Å²) in [6, 6.07) is 0. The molecule has 0 heteroatoms. The zero-order valence-electron chi connectivity index (χ0n) is 11.0. The molecule has 1 rings (SSSR count). The molecule has 86 valence electrons. The quantitative estimate of drug-likeness (QED) is 0.609. The van der Waals surface area contributed by atoms with Gasteiger partial charge in [-0.15, -0.1) is 0 Å². The lowest BCUT2D eigenvalue weighted by molar-refractivity contribution is 0.477. The van der Waals surface area contributed by atoms with E-state index in [-0.39, 0.29) is 0 Å². The fourth-order valence-corrected chi connectivity index (χ4v) is 2.37. The van der Waals surface area contributed by atoms with Gasteiger partial charge in [-0.05, 0) is 37.5 Å². The minimum Gasteiger partial charge on any atom is -0.0808 e. The molecular formula is C15H26. The number of rotatable bonds is 4. The van der Waals surface area contributed by atoms with E-state index in [0.29, 0.717) is 0 Å². The van der Waals surface area contributed by atoms with Gasteiger partial charge in [0.05, 0.1) is 0 Å². The number of hydrogen-bond donors (Lipinski definition) is 0. The lowest BCUT2D eigenvalue weighted by Gasteiger charge is -2.26. The molecule has 0 aromatic heterocycles. The van der Waals surface area contributed by atoms with Crippen molar-refractivity contribution in [3.63, 3.8) is 0 Å². The van der Waals surface area contributed by atoms with E-state index in [1.807, 2.05) is 0 Å². The van der Waals surface area contributed by atoms with Crippen molar-refractivity contribution in [1.82, 2.24) is 0 Å². The normalized spacial score (nSPS) is 26.5. The monoisotopic (exact) mass is 206 g/mol. The van der Waals surface area contributed by atoms with Crippen molar-refractivity contribution in [3.8, 4) is 0 Å². The van der Waals surface area contributed by atoms with Gasteiger partial charge in [0, 0.05) is 0 Å². The molecule has 0 saturated heterocycles. The summed E-state index contributed by atoms with van der Waals surface area (Å²) in [5.41, 5.74) is 3.22. The van der Waals surface area contributed by atoms with Crippen molar-refractivity contribution in [2.24, 2.45) is 17.8 Å². The Labute approximate surface area is 95.5 Å². The maximum Gasteiger partial charge on any atom is -0.0165 e. The first-order valence-corrected chi connectivity index (χ1v) is 6.40. The largest absolute Gasteiger partial charge is 0.0808 e. The van der Waals surface area contributed by atoms with Crippen molar-refractivity contribution in [3.05, 3.63) is 23.3 Å². The summed E-state index contributed by atoms with van der Waals surface area (Å²) in [5, 5.41) is 0. The highest BCUT2D eigenvalue weighted by Crippen LogP contribution is 2.32. The van der Waals surface area contributed by atoms with Crippen molar-refractivity contribution < 1.29 is 0 Å². The van der Waals surface area contributed by atoms with Crippen LogP contribution in [0, 0.1) is 17.8 Å². The van der Waals surface area contributed by atoms with Crippen molar-refractivity contribution in [2.45, 2.75) is 53.9 Å². The van der Waals surface area contributed by atoms with Crippen LogP contribution in [0.5, 0.6) is 0 Å². The van der Waals surface area contributed by atoms with Crippen LogP contribution in [0.2, 0.25) is 0 Å². The third-order valence-corrected chi connectivity index (χ3v) is 3.72. The number of allylic oxidation sites excluding steroid dienone is 4. The summed E-state index contributed by atoms with van der Waals surface area (Å²) in [7, 11) is 0. The molecule has 0 bridgehead atoms. The molecule has 1 aliphatic carbocycles. The van der Waals surface area contributed by atoms with Crippen LogP contribution < -0.4 is 0 Å². The molecule has 0 heterocycles. The second kappa shape index (κ2) is 5.53. The third kappa shape index (κ3) is 3.52. The van der Waals surface area contributed by atoms with Crippen LogP contribution >= 0.6 is 0 Å². The van der Waals surface area contributed by atoms with Gasteiger partial charge in [-0.25, -0.2) is 0 Å². The molecule has 0 nitrogen and oxygen atoms in total. The maximum absolute atomic E-state index is 2.38. The minimum absolute atomic E-state index is 0.725. The van der Waals surface area contributed by atoms with Gasteiger partial charge in [-0.1, -0.05) is 57.4 Å². The van der Waals surface area contributed by atoms with Gasteiger partial charge in [-0.2, -0.15) is 0 Å². The van der Waals surface area contributed by atoms with E-state index in [9.17, 15) is 0 Å². The first-order chi connectivity index (χ1) is 7.02. The molecule has 2 atom stereocenters. The zero-order valence-corrected chi connectivity index (χ0v) is 11.0. The van der Waals surface area contributed by atoms with Crippen LogP contribution in [-0.4, -0.2) is 0 Å². The van der Waals surface area contributed by atoms with Crippen LogP contribution in [0.4, 0.5) is 0 Å². The van der Waals surface area contributed by atoms with Crippen LogP contribution in [0.15, 0.2) is 23.3 Å². The van der Waals surface area contributed by atoms with Crippen LogP contribution in [0.3, 0.4) is 0 Å². The molecule has 0 aromatic carbocycles. The lowest BCUT2D eigenvalue weighted by atomic mass is 9.79. The summed E-state index contributed by atoms with van der Waals surface area (Å²) in [4.78, 5) is 0. The molecule has 0 radical (unpaired) electrons. The number of hydrogen-bond acceptors (Lipinski definition) is 0. The maximum atomic E-state index is 2.38. The van der Waals surface area contributed by atoms with Gasteiger partial charge in [0.15, 0.2) is 0 Å². The summed E-state index contributed by atoms with van der Waals surface area (Å²) in [6.07, 6.45) is 8.69. The highest BCUT2D eigenvalue weighted by Gasteiger charge is 2.19. The molecule has 0 amide bonds. The summed E-state index contributed by atoms with van der Waals surface area (Å²) < 4.78 is 0. The van der Waals surface area contributed by atoms with Crippen LogP contribution in [0.1, 0.15) is 53.9 Å². The summed E-state index contributed by atoms with van der Waals surface area (Å²) in [5.74, 6) is 2.32. The Bertz CT molecular complexity index is 255. The molecule has 1 aliphatic rings. The van der Waals surface area contributed by atoms with Gasteiger partial charge in [0.1, 0.15) is 0 Å². The lowest BCUT2D eigenvalue weighted by Crippen LogP contribution is -2.13. The zero-order chi connectivity index (χ0) is 11.4. The van der Waals surface area contributed by atoms with E-state index in [1.165, 1.54) is 24.8 Å². The van der Waals surface area contributed by atoms with Gasteiger partial charge >= 0.3 is 0 Å². The Hall–Kier alpha value is -0.520. The Kier molecular flexibility index (Phi) is 4.63.